The second-order valence-corrected chi connectivity index (χ2v) is 4.20. The highest BCUT2D eigenvalue weighted by Gasteiger charge is 2.23. The first kappa shape index (κ1) is 12.4. The lowest BCUT2D eigenvalue weighted by atomic mass is 10.0. The fourth-order valence-electron chi connectivity index (χ4n) is 2.06. The Hall–Kier alpha value is -1.10. The van der Waals surface area contributed by atoms with Crippen molar-refractivity contribution in [2.75, 3.05) is 26.8 Å². The number of aliphatic hydroxyl groups is 1. The molecule has 0 spiro atoms. The summed E-state index contributed by atoms with van der Waals surface area (Å²) in [7, 11) is 1.64. The first-order chi connectivity index (χ1) is 8.31. The van der Waals surface area contributed by atoms with Crippen molar-refractivity contribution in [2.45, 2.75) is 18.6 Å². The molecule has 1 saturated heterocycles. The minimum Gasteiger partial charge on any atom is -0.496 e. The zero-order chi connectivity index (χ0) is 12.1. The van der Waals surface area contributed by atoms with E-state index in [2.05, 4.69) is 5.32 Å². The van der Waals surface area contributed by atoms with Crippen LogP contribution in [0.2, 0.25) is 0 Å². The van der Waals surface area contributed by atoms with E-state index in [-0.39, 0.29) is 6.10 Å². The van der Waals surface area contributed by atoms with Crippen molar-refractivity contribution in [1.82, 2.24) is 5.32 Å². The largest absolute Gasteiger partial charge is 0.496 e. The van der Waals surface area contributed by atoms with Gasteiger partial charge in [-0.15, -0.1) is 0 Å². The summed E-state index contributed by atoms with van der Waals surface area (Å²) < 4.78 is 10.8. The maximum absolute atomic E-state index is 10.1. The quantitative estimate of drug-likeness (QED) is 0.804. The van der Waals surface area contributed by atoms with E-state index in [1.165, 1.54) is 0 Å². The Morgan fingerprint density at radius 1 is 1.53 bits per heavy atom. The van der Waals surface area contributed by atoms with E-state index in [9.17, 15) is 5.11 Å². The van der Waals surface area contributed by atoms with E-state index in [0.29, 0.717) is 19.6 Å². The molecule has 0 bridgehead atoms. The summed E-state index contributed by atoms with van der Waals surface area (Å²) in [5.74, 6) is 0.815. The topological polar surface area (TPSA) is 50.7 Å². The molecule has 1 aromatic carbocycles. The van der Waals surface area contributed by atoms with Crippen molar-refractivity contribution in [3.05, 3.63) is 29.8 Å². The van der Waals surface area contributed by atoms with Gasteiger partial charge in [0.1, 0.15) is 5.75 Å². The van der Waals surface area contributed by atoms with Gasteiger partial charge in [0.15, 0.2) is 0 Å². The molecule has 4 heteroatoms. The number of rotatable bonds is 4. The van der Waals surface area contributed by atoms with Gasteiger partial charge in [0, 0.05) is 19.5 Å². The van der Waals surface area contributed by atoms with E-state index in [0.717, 1.165) is 17.9 Å². The molecular weight excluding hydrogens is 218 g/mol. The fourth-order valence-corrected chi connectivity index (χ4v) is 2.06. The summed E-state index contributed by atoms with van der Waals surface area (Å²) in [5.41, 5.74) is 1.01. The molecule has 1 aliphatic rings. The van der Waals surface area contributed by atoms with Crippen molar-refractivity contribution in [3.63, 3.8) is 0 Å². The summed E-state index contributed by atoms with van der Waals surface area (Å²) in [6.07, 6.45) is -0.0798. The summed E-state index contributed by atoms with van der Waals surface area (Å²) >= 11 is 0. The van der Waals surface area contributed by atoms with Crippen molar-refractivity contribution >= 4 is 0 Å². The molecular formula is C13H19NO3. The first-order valence-corrected chi connectivity index (χ1v) is 5.93. The Morgan fingerprint density at radius 2 is 2.35 bits per heavy atom. The molecule has 1 aromatic rings. The number of hydrogen-bond acceptors (Lipinski definition) is 4. The first-order valence-electron chi connectivity index (χ1n) is 5.93. The minimum absolute atomic E-state index is 0.131. The third-order valence-electron chi connectivity index (χ3n) is 3.01. The molecule has 0 saturated carbocycles. The maximum atomic E-state index is 10.1. The van der Waals surface area contributed by atoms with Crippen molar-refractivity contribution in [2.24, 2.45) is 0 Å². The second kappa shape index (κ2) is 6.00. The lowest BCUT2D eigenvalue weighted by Gasteiger charge is -2.28. The summed E-state index contributed by atoms with van der Waals surface area (Å²) in [5, 5.41) is 13.3. The Bertz CT molecular complexity index is 350. The van der Waals surface area contributed by atoms with Crippen LogP contribution in [0.5, 0.6) is 5.75 Å². The zero-order valence-electron chi connectivity index (χ0n) is 10.1. The highest BCUT2D eigenvalue weighted by molar-refractivity contribution is 5.33. The highest BCUT2D eigenvalue weighted by atomic mass is 16.5. The Balaban J connectivity index is 1.99. The van der Waals surface area contributed by atoms with Crippen molar-refractivity contribution in [3.8, 4) is 5.75 Å². The van der Waals surface area contributed by atoms with Crippen LogP contribution in [0.25, 0.3) is 0 Å². The lowest BCUT2D eigenvalue weighted by Crippen LogP contribution is -2.45. The molecule has 0 radical (unpaired) electrons. The van der Waals surface area contributed by atoms with Crippen LogP contribution in [-0.4, -0.2) is 44.1 Å². The van der Waals surface area contributed by atoms with Crippen molar-refractivity contribution < 1.29 is 14.6 Å². The van der Waals surface area contributed by atoms with Crippen LogP contribution in [0.15, 0.2) is 24.3 Å². The monoisotopic (exact) mass is 237 g/mol. The summed E-state index contributed by atoms with van der Waals surface area (Å²) in [6, 6.07) is 7.75. The average Bonchev–Trinajstić information content (AvgIpc) is 2.40. The van der Waals surface area contributed by atoms with Gasteiger partial charge in [-0.05, 0) is 11.6 Å². The zero-order valence-corrected chi connectivity index (χ0v) is 10.1. The predicted octanol–water partition coefficient (Wildman–Crippen LogP) is 0.587. The molecule has 0 amide bonds. The number of ether oxygens (including phenoxy) is 2. The molecule has 1 heterocycles. The normalized spacial score (nSPS) is 22.1. The van der Waals surface area contributed by atoms with Crippen LogP contribution in [0, 0.1) is 0 Å². The third kappa shape index (κ3) is 3.19. The summed E-state index contributed by atoms with van der Waals surface area (Å²) in [6.45, 7) is 2.22. The number of methoxy groups -OCH3 is 1. The Morgan fingerprint density at radius 3 is 3.06 bits per heavy atom. The molecule has 0 aromatic heterocycles. The highest BCUT2D eigenvalue weighted by Crippen LogP contribution is 2.20. The number of hydrogen-bond donors (Lipinski definition) is 2. The number of para-hydroxylation sites is 1. The van der Waals surface area contributed by atoms with E-state index in [1.54, 1.807) is 7.11 Å². The van der Waals surface area contributed by atoms with Gasteiger partial charge in [-0.2, -0.15) is 0 Å². The number of aliphatic hydroxyl groups excluding tert-OH is 1. The van der Waals surface area contributed by atoms with Crippen LogP contribution >= 0.6 is 0 Å². The number of nitrogens with one attached hydrogen (secondary N) is 1. The number of benzene rings is 1. The smallest absolute Gasteiger partial charge is 0.122 e. The van der Waals surface area contributed by atoms with Gasteiger partial charge in [0.05, 0.1) is 25.9 Å². The standard InChI is InChI=1S/C13H19NO3/c1-16-12-5-3-2-4-10(12)8-11(15)13-9-14-6-7-17-13/h2-5,11,13-15H,6-9H2,1H3. The van der Waals surface area contributed by atoms with E-state index >= 15 is 0 Å². The molecule has 2 unspecified atom stereocenters. The van der Waals surface area contributed by atoms with Crippen LogP contribution in [0.3, 0.4) is 0 Å². The van der Waals surface area contributed by atoms with Gasteiger partial charge in [0.25, 0.3) is 0 Å². The van der Waals surface area contributed by atoms with Gasteiger partial charge >= 0.3 is 0 Å². The van der Waals surface area contributed by atoms with Gasteiger partial charge < -0.3 is 19.9 Å². The number of morpholine rings is 1. The average molecular weight is 237 g/mol. The molecule has 1 aliphatic heterocycles. The SMILES string of the molecule is COc1ccccc1CC(O)C1CNCCO1. The molecule has 2 atom stereocenters. The van der Waals surface area contributed by atoms with Crippen LogP contribution in [0.1, 0.15) is 5.56 Å². The molecule has 1 fully saturated rings. The Kier molecular flexibility index (Phi) is 4.36. The Labute approximate surface area is 102 Å². The third-order valence-corrected chi connectivity index (χ3v) is 3.01. The molecule has 4 nitrogen and oxygen atoms in total. The van der Waals surface area contributed by atoms with Gasteiger partial charge in [-0.25, -0.2) is 0 Å². The lowest BCUT2D eigenvalue weighted by molar-refractivity contribution is -0.0516. The second-order valence-electron chi connectivity index (χ2n) is 4.20. The van der Waals surface area contributed by atoms with Crippen LogP contribution in [-0.2, 0) is 11.2 Å². The molecule has 0 aliphatic carbocycles. The van der Waals surface area contributed by atoms with Crippen LogP contribution < -0.4 is 10.1 Å². The minimum atomic E-state index is -0.501. The van der Waals surface area contributed by atoms with E-state index < -0.39 is 6.10 Å². The summed E-state index contributed by atoms with van der Waals surface area (Å²) in [4.78, 5) is 0. The van der Waals surface area contributed by atoms with Gasteiger partial charge in [-0.3, -0.25) is 0 Å². The van der Waals surface area contributed by atoms with Gasteiger partial charge in [0.2, 0.25) is 0 Å². The van der Waals surface area contributed by atoms with Crippen LogP contribution in [0.4, 0.5) is 0 Å². The molecule has 94 valence electrons. The van der Waals surface area contributed by atoms with E-state index in [4.69, 9.17) is 9.47 Å². The van der Waals surface area contributed by atoms with Gasteiger partial charge in [-0.1, -0.05) is 18.2 Å². The fraction of sp³-hybridized carbons (Fsp3) is 0.538. The molecule has 2 N–H and O–H groups in total. The van der Waals surface area contributed by atoms with Crippen molar-refractivity contribution in [1.29, 1.82) is 0 Å². The predicted molar refractivity (Wildman–Crippen MR) is 65.3 cm³/mol. The molecule has 17 heavy (non-hydrogen) atoms. The van der Waals surface area contributed by atoms with E-state index in [1.807, 2.05) is 24.3 Å². The maximum Gasteiger partial charge on any atom is 0.122 e. The molecule has 2 rings (SSSR count).